The number of aromatic nitrogens is 2. The fraction of sp³-hybridized carbons (Fsp3) is 0.667. The summed E-state index contributed by atoms with van der Waals surface area (Å²) in [4.78, 5) is 20.5. The third-order valence-electron chi connectivity index (χ3n) is 2.69. The molecule has 8 heteroatoms. The van der Waals surface area contributed by atoms with Crippen LogP contribution in [-0.2, 0) is 0 Å². The van der Waals surface area contributed by atoms with E-state index in [1.807, 2.05) is 13.8 Å². The third-order valence-corrected chi connectivity index (χ3v) is 2.69. The number of nitrogens with one attached hydrogen (secondary N) is 1. The van der Waals surface area contributed by atoms with Crippen molar-refractivity contribution < 1.29 is 10.0 Å². The summed E-state index contributed by atoms with van der Waals surface area (Å²) in [5.74, 6) is 0.473. The Labute approximate surface area is 118 Å². The maximum Gasteiger partial charge on any atom is 0.353 e. The van der Waals surface area contributed by atoms with Gasteiger partial charge < -0.3 is 15.3 Å². The molecule has 1 rings (SSSR count). The summed E-state index contributed by atoms with van der Waals surface area (Å²) in [5.41, 5.74) is -0.136. The fourth-order valence-corrected chi connectivity index (χ4v) is 1.86. The van der Waals surface area contributed by atoms with Crippen molar-refractivity contribution in [3.8, 4) is 0 Å². The SMILES string of the molecule is CCCNc1ncnc(N(CCC)CCO)c1[N+](=O)[O-]. The topological polar surface area (TPSA) is 104 Å². The van der Waals surface area contributed by atoms with Gasteiger partial charge in [-0.3, -0.25) is 10.1 Å². The molecule has 0 bridgehead atoms. The quantitative estimate of drug-likeness (QED) is 0.521. The highest BCUT2D eigenvalue weighted by molar-refractivity contribution is 5.70. The van der Waals surface area contributed by atoms with E-state index in [4.69, 9.17) is 5.11 Å². The summed E-state index contributed by atoms with van der Waals surface area (Å²) in [5, 5.41) is 23.4. The number of aliphatic hydroxyl groups is 1. The first-order chi connectivity index (χ1) is 9.65. The molecule has 8 nitrogen and oxygen atoms in total. The Kier molecular flexibility index (Phi) is 6.65. The normalized spacial score (nSPS) is 10.3. The Balaban J connectivity index is 3.18. The van der Waals surface area contributed by atoms with Gasteiger partial charge in [-0.15, -0.1) is 0 Å². The highest BCUT2D eigenvalue weighted by Crippen LogP contribution is 2.31. The van der Waals surface area contributed by atoms with Gasteiger partial charge in [0.2, 0.25) is 11.6 Å². The largest absolute Gasteiger partial charge is 0.395 e. The fourth-order valence-electron chi connectivity index (χ4n) is 1.86. The van der Waals surface area contributed by atoms with Crippen molar-refractivity contribution in [2.24, 2.45) is 0 Å². The summed E-state index contributed by atoms with van der Waals surface area (Å²) in [6.07, 6.45) is 2.95. The Morgan fingerprint density at radius 2 is 2.10 bits per heavy atom. The van der Waals surface area contributed by atoms with E-state index >= 15 is 0 Å². The second-order valence-corrected chi connectivity index (χ2v) is 4.29. The number of aliphatic hydroxyl groups excluding tert-OH is 1. The smallest absolute Gasteiger partial charge is 0.353 e. The van der Waals surface area contributed by atoms with E-state index in [0.29, 0.717) is 19.6 Å². The number of nitro groups is 1. The van der Waals surface area contributed by atoms with E-state index in [9.17, 15) is 10.1 Å². The number of anilines is 2. The van der Waals surface area contributed by atoms with Crippen molar-refractivity contribution >= 4 is 17.3 Å². The van der Waals surface area contributed by atoms with Gasteiger partial charge in [-0.05, 0) is 12.8 Å². The zero-order chi connectivity index (χ0) is 15.0. The molecule has 0 fully saturated rings. The van der Waals surface area contributed by atoms with E-state index in [-0.39, 0.29) is 23.9 Å². The molecule has 0 spiro atoms. The molecule has 0 aliphatic carbocycles. The third kappa shape index (κ3) is 4.02. The van der Waals surface area contributed by atoms with Gasteiger partial charge in [0.15, 0.2) is 0 Å². The Hall–Kier alpha value is -1.96. The van der Waals surface area contributed by atoms with Gasteiger partial charge in [-0.25, -0.2) is 9.97 Å². The minimum Gasteiger partial charge on any atom is -0.395 e. The molecule has 1 heterocycles. The zero-order valence-electron chi connectivity index (χ0n) is 11.9. The molecule has 0 radical (unpaired) electrons. The first-order valence-electron chi connectivity index (χ1n) is 6.74. The summed E-state index contributed by atoms with van der Waals surface area (Å²) < 4.78 is 0. The number of hydrogen-bond donors (Lipinski definition) is 2. The van der Waals surface area contributed by atoms with Crippen LogP contribution in [0.3, 0.4) is 0 Å². The van der Waals surface area contributed by atoms with E-state index in [2.05, 4.69) is 15.3 Å². The van der Waals surface area contributed by atoms with Crippen LogP contribution in [0.1, 0.15) is 26.7 Å². The molecule has 0 aromatic carbocycles. The first kappa shape index (κ1) is 16.1. The maximum atomic E-state index is 11.3. The van der Waals surface area contributed by atoms with Crippen LogP contribution in [0.15, 0.2) is 6.33 Å². The molecule has 0 atom stereocenters. The monoisotopic (exact) mass is 283 g/mol. The predicted octanol–water partition coefficient (Wildman–Crippen LogP) is 1.42. The maximum absolute atomic E-state index is 11.3. The lowest BCUT2D eigenvalue weighted by Crippen LogP contribution is -2.29. The summed E-state index contributed by atoms with van der Waals surface area (Å²) in [6, 6.07) is 0. The van der Waals surface area contributed by atoms with E-state index in [1.54, 1.807) is 4.90 Å². The van der Waals surface area contributed by atoms with Crippen molar-refractivity contribution in [3.63, 3.8) is 0 Å². The molecular formula is C12H21N5O3. The zero-order valence-corrected chi connectivity index (χ0v) is 11.9. The molecule has 1 aromatic heterocycles. The van der Waals surface area contributed by atoms with Crippen LogP contribution in [-0.4, -0.2) is 46.2 Å². The van der Waals surface area contributed by atoms with Crippen LogP contribution in [0.25, 0.3) is 0 Å². The molecular weight excluding hydrogens is 262 g/mol. The average molecular weight is 283 g/mol. The molecule has 2 N–H and O–H groups in total. The Morgan fingerprint density at radius 3 is 2.65 bits per heavy atom. The highest BCUT2D eigenvalue weighted by Gasteiger charge is 2.26. The molecule has 0 saturated heterocycles. The van der Waals surface area contributed by atoms with Gasteiger partial charge in [0.25, 0.3) is 0 Å². The summed E-state index contributed by atoms with van der Waals surface area (Å²) >= 11 is 0. The lowest BCUT2D eigenvalue weighted by molar-refractivity contribution is -0.383. The molecule has 0 unspecified atom stereocenters. The van der Waals surface area contributed by atoms with Gasteiger partial charge in [-0.2, -0.15) is 0 Å². The van der Waals surface area contributed by atoms with Crippen LogP contribution in [0.5, 0.6) is 0 Å². The number of hydrogen-bond acceptors (Lipinski definition) is 7. The highest BCUT2D eigenvalue weighted by atomic mass is 16.6. The Bertz CT molecular complexity index is 435. The lowest BCUT2D eigenvalue weighted by atomic mass is 10.3. The van der Waals surface area contributed by atoms with Crippen molar-refractivity contribution in [2.75, 3.05) is 36.5 Å². The van der Waals surface area contributed by atoms with Crippen molar-refractivity contribution in [3.05, 3.63) is 16.4 Å². The standard InChI is InChI=1S/C12H21N5O3/c1-3-5-13-11-10(17(19)20)12(15-9-14-11)16(6-4-2)7-8-18/h9,18H,3-8H2,1-2H3,(H,13,14,15). The molecule has 1 aromatic rings. The second kappa shape index (κ2) is 8.26. The second-order valence-electron chi connectivity index (χ2n) is 4.29. The molecule has 0 saturated carbocycles. The van der Waals surface area contributed by atoms with Gasteiger partial charge in [0.05, 0.1) is 11.5 Å². The van der Waals surface area contributed by atoms with E-state index < -0.39 is 4.92 Å². The summed E-state index contributed by atoms with van der Waals surface area (Å²) in [7, 11) is 0. The minimum atomic E-state index is -0.479. The molecule has 112 valence electrons. The van der Waals surface area contributed by atoms with Crippen molar-refractivity contribution in [1.29, 1.82) is 0 Å². The molecule has 0 aliphatic rings. The summed E-state index contributed by atoms with van der Waals surface area (Å²) in [6.45, 7) is 5.35. The van der Waals surface area contributed by atoms with E-state index in [1.165, 1.54) is 6.33 Å². The van der Waals surface area contributed by atoms with Crippen LogP contribution < -0.4 is 10.2 Å². The van der Waals surface area contributed by atoms with Crippen LogP contribution in [0.4, 0.5) is 17.3 Å². The number of rotatable bonds is 9. The van der Waals surface area contributed by atoms with Crippen LogP contribution >= 0.6 is 0 Å². The van der Waals surface area contributed by atoms with Gasteiger partial charge in [0, 0.05) is 19.6 Å². The van der Waals surface area contributed by atoms with Gasteiger partial charge in [0.1, 0.15) is 6.33 Å². The lowest BCUT2D eigenvalue weighted by Gasteiger charge is -2.22. The Morgan fingerprint density at radius 1 is 1.35 bits per heavy atom. The van der Waals surface area contributed by atoms with Crippen LogP contribution in [0, 0.1) is 10.1 Å². The van der Waals surface area contributed by atoms with Crippen LogP contribution in [0.2, 0.25) is 0 Å². The minimum absolute atomic E-state index is 0.0844. The van der Waals surface area contributed by atoms with Crippen molar-refractivity contribution in [1.82, 2.24) is 9.97 Å². The predicted molar refractivity (Wildman–Crippen MR) is 77.1 cm³/mol. The molecule has 0 amide bonds. The average Bonchev–Trinajstić information content (AvgIpc) is 2.44. The van der Waals surface area contributed by atoms with E-state index in [0.717, 1.165) is 12.8 Å². The van der Waals surface area contributed by atoms with Gasteiger partial charge >= 0.3 is 5.69 Å². The first-order valence-corrected chi connectivity index (χ1v) is 6.74. The number of nitrogens with zero attached hydrogens (tertiary/aromatic N) is 4. The van der Waals surface area contributed by atoms with Crippen molar-refractivity contribution in [2.45, 2.75) is 26.7 Å². The molecule has 20 heavy (non-hydrogen) atoms. The molecule has 0 aliphatic heterocycles. The van der Waals surface area contributed by atoms with Gasteiger partial charge in [-0.1, -0.05) is 13.8 Å².